The normalized spacial score (nSPS) is 22.2. The zero-order valence-electron chi connectivity index (χ0n) is 25.4. The van der Waals surface area contributed by atoms with Gasteiger partial charge < -0.3 is 10.2 Å². The van der Waals surface area contributed by atoms with Gasteiger partial charge in [0.1, 0.15) is 11.5 Å². The predicted molar refractivity (Wildman–Crippen MR) is 177 cm³/mol. The number of nitrogens with zero attached hydrogens (tertiary/aromatic N) is 2. The molecule has 8 nitrogen and oxygen atoms in total. The van der Waals surface area contributed by atoms with Gasteiger partial charge in [0.05, 0.1) is 16.9 Å². The van der Waals surface area contributed by atoms with E-state index in [-0.39, 0.29) is 28.7 Å². The molecular weight excluding hydrogens is 578 g/mol. The van der Waals surface area contributed by atoms with E-state index in [2.05, 4.69) is 12.2 Å². The van der Waals surface area contributed by atoms with Gasteiger partial charge in [-0.25, -0.2) is 0 Å². The Morgan fingerprint density at radius 1 is 0.870 bits per heavy atom. The standard InChI is InChI=1S/C38H33N3O5/c1-2-3-4-9-24-14-16-26(17-15-24)35(42)33-34(36(43)27-18-21-28(22-19-27)41(45)46)40-31-13-8-5-10-25(31)20-23-32(40)38(33)29-11-6-7-12-30(29)39-37(38)44/h5-8,10-23,32-34H,2-4,9H2,1H3,(H,39,44). The van der Waals surface area contributed by atoms with E-state index in [9.17, 15) is 19.7 Å². The van der Waals surface area contributed by atoms with Crippen LogP contribution in [0, 0.1) is 16.0 Å². The number of amides is 1. The number of rotatable bonds is 9. The number of nitro groups is 1. The SMILES string of the molecule is CCCCCc1ccc(C(=O)C2C(C(=O)c3ccc([N+](=O)[O-])cc3)N3c4ccccc4C=CC3C23C(=O)Nc2ccccc23)cc1. The number of ketones is 2. The van der Waals surface area contributed by atoms with Gasteiger partial charge in [0.15, 0.2) is 11.6 Å². The summed E-state index contributed by atoms with van der Waals surface area (Å²) in [6, 6.07) is 26.3. The Kier molecular flexibility index (Phi) is 7.35. The molecule has 3 aliphatic heterocycles. The quantitative estimate of drug-likeness (QED) is 0.0929. The van der Waals surface area contributed by atoms with Crippen LogP contribution in [0.1, 0.15) is 63.6 Å². The lowest BCUT2D eigenvalue weighted by Gasteiger charge is -2.37. The lowest BCUT2D eigenvalue weighted by atomic mass is 9.64. The van der Waals surface area contributed by atoms with Crippen LogP contribution in [-0.2, 0) is 16.6 Å². The van der Waals surface area contributed by atoms with Crippen LogP contribution in [0.2, 0.25) is 0 Å². The molecule has 1 spiro atoms. The highest BCUT2D eigenvalue weighted by molar-refractivity contribution is 6.18. The van der Waals surface area contributed by atoms with E-state index in [1.807, 2.05) is 89.8 Å². The molecule has 3 aliphatic rings. The van der Waals surface area contributed by atoms with Crippen LogP contribution in [0.15, 0.2) is 103 Å². The zero-order valence-corrected chi connectivity index (χ0v) is 25.4. The third-order valence-electron chi connectivity index (χ3n) is 9.76. The highest BCUT2D eigenvalue weighted by atomic mass is 16.6. The van der Waals surface area contributed by atoms with Crippen LogP contribution in [0.5, 0.6) is 0 Å². The topological polar surface area (TPSA) is 110 Å². The number of nitro benzene ring substituents is 1. The van der Waals surface area contributed by atoms with Gasteiger partial charge in [0.25, 0.3) is 5.69 Å². The van der Waals surface area contributed by atoms with E-state index in [1.54, 1.807) is 0 Å². The Bertz CT molecular complexity index is 1900. The van der Waals surface area contributed by atoms with Crippen LogP contribution in [0.3, 0.4) is 0 Å². The molecule has 1 fully saturated rings. The van der Waals surface area contributed by atoms with E-state index >= 15 is 4.79 Å². The van der Waals surface area contributed by atoms with Crippen LogP contribution >= 0.6 is 0 Å². The fourth-order valence-corrected chi connectivity index (χ4v) is 7.63. The van der Waals surface area contributed by atoms with E-state index in [1.165, 1.54) is 24.3 Å². The van der Waals surface area contributed by atoms with Gasteiger partial charge in [-0.15, -0.1) is 0 Å². The smallest absolute Gasteiger partial charge is 0.269 e. The second-order valence-corrected chi connectivity index (χ2v) is 12.2. The van der Waals surface area contributed by atoms with Crippen LogP contribution in [0.25, 0.3) is 6.08 Å². The number of hydrogen-bond acceptors (Lipinski definition) is 6. The van der Waals surface area contributed by atoms with Crippen molar-refractivity contribution in [3.63, 3.8) is 0 Å². The van der Waals surface area contributed by atoms with Crippen molar-refractivity contribution in [1.82, 2.24) is 0 Å². The molecule has 4 unspecified atom stereocenters. The predicted octanol–water partition coefficient (Wildman–Crippen LogP) is 7.18. The molecular formula is C38H33N3O5. The molecule has 0 radical (unpaired) electrons. The highest BCUT2D eigenvalue weighted by Gasteiger charge is 2.70. The summed E-state index contributed by atoms with van der Waals surface area (Å²) < 4.78 is 0. The van der Waals surface area contributed by atoms with Gasteiger partial charge in [-0.3, -0.25) is 24.5 Å². The van der Waals surface area contributed by atoms with Crippen molar-refractivity contribution < 1.29 is 19.3 Å². The third-order valence-corrected chi connectivity index (χ3v) is 9.76. The summed E-state index contributed by atoms with van der Waals surface area (Å²) in [6.07, 6.45) is 8.09. The van der Waals surface area contributed by atoms with Crippen molar-refractivity contribution in [2.75, 3.05) is 10.2 Å². The number of unbranched alkanes of at least 4 members (excludes halogenated alkanes) is 2. The number of hydrogen-bond donors (Lipinski definition) is 1. The first-order valence-electron chi connectivity index (χ1n) is 15.7. The van der Waals surface area contributed by atoms with Gasteiger partial charge in [-0.1, -0.05) is 92.6 Å². The molecule has 7 rings (SSSR count). The van der Waals surface area contributed by atoms with E-state index in [0.29, 0.717) is 16.8 Å². The first-order valence-corrected chi connectivity index (χ1v) is 15.7. The first kappa shape index (κ1) is 29.3. The molecule has 8 heteroatoms. The number of para-hydroxylation sites is 2. The fraction of sp³-hybridized carbons (Fsp3) is 0.237. The summed E-state index contributed by atoms with van der Waals surface area (Å²) in [7, 11) is 0. The summed E-state index contributed by atoms with van der Waals surface area (Å²) in [6.45, 7) is 2.16. The molecule has 230 valence electrons. The number of aryl methyl sites for hydroxylation is 1. The van der Waals surface area contributed by atoms with Crippen LogP contribution in [-0.4, -0.2) is 34.5 Å². The molecule has 1 saturated heterocycles. The summed E-state index contributed by atoms with van der Waals surface area (Å²) in [5.74, 6) is -2.12. The van der Waals surface area contributed by atoms with Gasteiger partial charge in [-0.2, -0.15) is 0 Å². The Morgan fingerprint density at radius 3 is 2.28 bits per heavy atom. The number of non-ortho nitro benzene ring substituents is 1. The number of Topliss-reactive ketones (excluding diaryl/α,β-unsaturated/α-hetero) is 2. The lowest BCUT2D eigenvalue weighted by molar-refractivity contribution is -0.384. The number of fused-ring (bicyclic) bond motifs is 6. The maximum atomic E-state index is 15.0. The van der Waals surface area contributed by atoms with Crippen LogP contribution in [0.4, 0.5) is 17.1 Å². The maximum Gasteiger partial charge on any atom is 0.269 e. The number of nitrogens with one attached hydrogen (secondary N) is 1. The monoisotopic (exact) mass is 611 g/mol. The van der Waals surface area contributed by atoms with Crippen molar-refractivity contribution >= 4 is 40.6 Å². The number of benzene rings is 4. The van der Waals surface area contributed by atoms with Crippen LogP contribution < -0.4 is 10.2 Å². The molecule has 0 bridgehead atoms. The van der Waals surface area contributed by atoms with Crippen molar-refractivity contribution in [3.05, 3.63) is 141 Å². The largest absolute Gasteiger partial charge is 0.352 e. The molecule has 4 aromatic rings. The molecule has 4 aromatic carbocycles. The average molecular weight is 612 g/mol. The Balaban J connectivity index is 1.43. The third kappa shape index (κ3) is 4.47. The Hall–Kier alpha value is -5.37. The first-order chi connectivity index (χ1) is 22.4. The highest BCUT2D eigenvalue weighted by Crippen LogP contribution is 2.58. The average Bonchev–Trinajstić information content (AvgIpc) is 3.56. The second kappa shape index (κ2) is 11.5. The summed E-state index contributed by atoms with van der Waals surface area (Å²) in [4.78, 5) is 57.1. The molecule has 1 amide bonds. The summed E-state index contributed by atoms with van der Waals surface area (Å²) in [5.41, 5.74) is 3.13. The van der Waals surface area contributed by atoms with Gasteiger partial charge in [0.2, 0.25) is 5.91 Å². The van der Waals surface area contributed by atoms with Crippen molar-refractivity contribution in [3.8, 4) is 0 Å². The molecule has 3 heterocycles. The number of carbonyl (C=O) groups excluding carboxylic acids is 3. The molecule has 4 atom stereocenters. The molecule has 1 N–H and O–H groups in total. The van der Waals surface area contributed by atoms with E-state index in [0.717, 1.165) is 42.5 Å². The second-order valence-electron chi connectivity index (χ2n) is 12.2. The minimum Gasteiger partial charge on any atom is -0.352 e. The minimum absolute atomic E-state index is 0.140. The lowest BCUT2D eigenvalue weighted by Crippen LogP contribution is -2.51. The van der Waals surface area contributed by atoms with Crippen molar-refractivity contribution in [2.24, 2.45) is 5.92 Å². The Labute approximate surface area is 266 Å². The molecule has 0 aromatic heterocycles. The fourth-order valence-electron chi connectivity index (χ4n) is 7.63. The molecule has 0 aliphatic carbocycles. The number of anilines is 2. The summed E-state index contributed by atoms with van der Waals surface area (Å²) in [5, 5.41) is 14.4. The summed E-state index contributed by atoms with van der Waals surface area (Å²) >= 11 is 0. The molecule has 0 saturated carbocycles. The number of carbonyl (C=O) groups is 3. The molecule has 46 heavy (non-hydrogen) atoms. The van der Waals surface area contributed by atoms with Crippen molar-refractivity contribution in [2.45, 2.75) is 50.1 Å². The zero-order chi connectivity index (χ0) is 32.0. The van der Waals surface area contributed by atoms with Gasteiger partial charge in [-0.05, 0) is 53.8 Å². The van der Waals surface area contributed by atoms with E-state index < -0.39 is 28.3 Å². The van der Waals surface area contributed by atoms with E-state index in [4.69, 9.17) is 0 Å². The minimum atomic E-state index is -1.42. The van der Waals surface area contributed by atoms with Gasteiger partial charge >= 0.3 is 0 Å². The Morgan fingerprint density at radius 2 is 1.54 bits per heavy atom. The van der Waals surface area contributed by atoms with Gasteiger partial charge in [0, 0.05) is 34.6 Å². The van der Waals surface area contributed by atoms with Crippen molar-refractivity contribution in [1.29, 1.82) is 0 Å². The maximum absolute atomic E-state index is 15.0.